The molecule has 2 nitrogen and oxygen atoms in total. The maximum atomic E-state index is 11.1. The van der Waals surface area contributed by atoms with E-state index in [2.05, 4.69) is 0 Å². The summed E-state index contributed by atoms with van der Waals surface area (Å²) >= 11 is 0. The van der Waals surface area contributed by atoms with E-state index in [-0.39, 0.29) is 0 Å². The van der Waals surface area contributed by atoms with Crippen LogP contribution in [-0.2, 0) is 0 Å². The van der Waals surface area contributed by atoms with E-state index in [9.17, 15) is 4.79 Å². The number of aryl methyl sites for hydroxylation is 1. The number of nitrogens with two attached hydrogens (primary N) is 1. The fraction of sp³-hybridized carbons (Fsp3) is 0.0714. The monoisotopic (exact) mass is 211 g/mol. The predicted molar refractivity (Wildman–Crippen MR) is 65.1 cm³/mol. The molecule has 0 radical (unpaired) electrons. The molecule has 2 aromatic carbocycles. The van der Waals surface area contributed by atoms with Crippen LogP contribution in [0.1, 0.15) is 15.9 Å². The molecule has 2 heteroatoms. The number of benzene rings is 2. The zero-order chi connectivity index (χ0) is 11.5. The molecule has 80 valence electrons. The highest BCUT2D eigenvalue weighted by Crippen LogP contribution is 2.24. The summed E-state index contributed by atoms with van der Waals surface area (Å²) in [5, 5.41) is 0. The number of primary amides is 1. The molecule has 2 rings (SSSR count). The molecule has 0 aliphatic rings. The Labute approximate surface area is 94.7 Å². The fourth-order valence-electron chi connectivity index (χ4n) is 1.70. The summed E-state index contributed by atoms with van der Waals surface area (Å²) in [4.78, 5) is 11.1. The van der Waals surface area contributed by atoms with Crippen molar-refractivity contribution in [3.63, 3.8) is 0 Å². The average molecular weight is 211 g/mol. The highest BCUT2D eigenvalue weighted by Gasteiger charge is 2.05. The SMILES string of the molecule is Cc1ccc(C(N)=O)cc1-c1ccccc1. The van der Waals surface area contributed by atoms with Gasteiger partial charge in [-0.3, -0.25) is 4.79 Å². The Hall–Kier alpha value is -2.09. The van der Waals surface area contributed by atoms with Crippen molar-refractivity contribution in [2.45, 2.75) is 6.92 Å². The molecule has 0 aromatic heterocycles. The van der Waals surface area contributed by atoms with E-state index >= 15 is 0 Å². The van der Waals surface area contributed by atoms with Gasteiger partial charge in [-0.05, 0) is 35.7 Å². The second-order valence-electron chi connectivity index (χ2n) is 3.76. The van der Waals surface area contributed by atoms with Crippen molar-refractivity contribution in [2.24, 2.45) is 5.73 Å². The molecule has 2 N–H and O–H groups in total. The van der Waals surface area contributed by atoms with E-state index in [0.29, 0.717) is 5.56 Å². The third-order valence-corrected chi connectivity index (χ3v) is 2.61. The molecule has 0 spiro atoms. The topological polar surface area (TPSA) is 43.1 Å². The Bertz CT molecular complexity index is 518. The third kappa shape index (κ3) is 1.96. The lowest BCUT2D eigenvalue weighted by Gasteiger charge is -2.07. The normalized spacial score (nSPS) is 10.1. The first-order valence-corrected chi connectivity index (χ1v) is 5.14. The lowest BCUT2D eigenvalue weighted by atomic mass is 9.98. The van der Waals surface area contributed by atoms with E-state index in [0.717, 1.165) is 16.7 Å². The quantitative estimate of drug-likeness (QED) is 0.815. The van der Waals surface area contributed by atoms with Crippen LogP contribution in [0.2, 0.25) is 0 Å². The summed E-state index contributed by atoms with van der Waals surface area (Å²) in [6, 6.07) is 15.5. The highest BCUT2D eigenvalue weighted by molar-refractivity contribution is 5.94. The van der Waals surface area contributed by atoms with E-state index in [1.54, 1.807) is 6.07 Å². The molecule has 0 fully saturated rings. The first-order valence-electron chi connectivity index (χ1n) is 5.14. The number of rotatable bonds is 2. The first-order chi connectivity index (χ1) is 7.68. The van der Waals surface area contributed by atoms with Gasteiger partial charge in [-0.1, -0.05) is 36.4 Å². The van der Waals surface area contributed by atoms with Gasteiger partial charge in [0.2, 0.25) is 5.91 Å². The van der Waals surface area contributed by atoms with Crippen molar-refractivity contribution in [1.82, 2.24) is 0 Å². The van der Waals surface area contributed by atoms with Crippen LogP contribution in [0.15, 0.2) is 48.5 Å². The number of carbonyl (C=O) groups is 1. The molecular formula is C14H13NO. The Balaban J connectivity index is 2.56. The standard InChI is InChI=1S/C14H13NO/c1-10-7-8-12(14(15)16)9-13(10)11-5-3-2-4-6-11/h2-9H,1H3,(H2,15,16). The lowest BCUT2D eigenvalue weighted by Crippen LogP contribution is -2.10. The van der Waals surface area contributed by atoms with E-state index in [4.69, 9.17) is 5.73 Å². The summed E-state index contributed by atoms with van der Waals surface area (Å²) < 4.78 is 0. The molecule has 0 unspecified atom stereocenters. The molecule has 0 heterocycles. The minimum absolute atomic E-state index is 0.391. The van der Waals surface area contributed by atoms with Crippen molar-refractivity contribution < 1.29 is 4.79 Å². The largest absolute Gasteiger partial charge is 0.366 e. The maximum Gasteiger partial charge on any atom is 0.248 e. The predicted octanol–water partition coefficient (Wildman–Crippen LogP) is 2.76. The minimum atomic E-state index is -0.391. The van der Waals surface area contributed by atoms with Gasteiger partial charge in [0.25, 0.3) is 0 Å². The number of amides is 1. The van der Waals surface area contributed by atoms with Crippen molar-refractivity contribution in [3.8, 4) is 11.1 Å². The zero-order valence-electron chi connectivity index (χ0n) is 9.10. The second kappa shape index (κ2) is 4.19. The van der Waals surface area contributed by atoms with Gasteiger partial charge >= 0.3 is 0 Å². The molecule has 2 aromatic rings. The maximum absolute atomic E-state index is 11.1. The second-order valence-corrected chi connectivity index (χ2v) is 3.76. The van der Waals surface area contributed by atoms with E-state index in [1.165, 1.54) is 0 Å². The van der Waals surface area contributed by atoms with Gasteiger partial charge in [-0.2, -0.15) is 0 Å². The van der Waals surface area contributed by atoms with E-state index in [1.807, 2.05) is 49.4 Å². The van der Waals surface area contributed by atoms with Crippen LogP contribution in [0.4, 0.5) is 0 Å². The van der Waals surface area contributed by atoms with Gasteiger partial charge in [0.1, 0.15) is 0 Å². The highest BCUT2D eigenvalue weighted by atomic mass is 16.1. The molecule has 1 amide bonds. The summed E-state index contributed by atoms with van der Waals surface area (Å²) in [5.41, 5.74) is 9.11. The number of hydrogen-bond donors (Lipinski definition) is 1. The summed E-state index contributed by atoms with van der Waals surface area (Å²) in [5.74, 6) is -0.391. The molecule has 16 heavy (non-hydrogen) atoms. The van der Waals surface area contributed by atoms with Gasteiger partial charge in [0, 0.05) is 5.56 Å². The van der Waals surface area contributed by atoms with Gasteiger partial charge < -0.3 is 5.73 Å². The summed E-state index contributed by atoms with van der Waals surface area (Å²) in [7, 11) is 0. The van der Waals surface area contributed by atoms with Crippen molar-refractivity contribution >= 4 is 5.91 Å². The molecule has 0 aliphatic heterocycles. The number of hydrogen-bond acceptors (Lipinski definition) is 1. The average Bonchev–Trinajstić information content (AvgIpc) is 2.30. The van der Waals surface area contributed by atoms with Crippen LogP contribution >= 0.6 is 0 Å². The Morgan fingerprint density at radius 1 is 1.06 bits per heavy atom. The fourth-order valence-corrected chi connectivity index (χ4v) is 1.70. The van der Waals surface area contributed by atoms with Crippen LogP contribution < -0.4 is 5.73 Å². The van der Waals surface area contributed by atoms with Crippen LogP contribution in [-0.4, -0.2) is 5.91 Å². The minimum Gasteiger partial charge on any atom is -0.366 e. The van der Waals surface area contributed by atoms with E-state index < -0.39 is 5.91 Å². The van der Waals surface area contributed by atoms with Crippen molar-refractivity contribution in [2.75, 3.05) is 0 Å². The molecule has 0 bridgehead atoms. The van der Waals surface area contributed by atoms with Crippen molar-refractivity contribution in [3.05, 3.63) is 59.7 Å². The molecule has 0 saturated carbocycles. The van der Waals surface area contributed by atoms with Gasteiger partial charge in [-0.25, -0.2) is 0 Å². The Morgan fingerprint density at radius 3 is 2.38 bits per heavy atom. The zero-order valence-corrected chi connectivity index (χ0v) is 9.10. The first kappa shape index (κ1) is 10.4. The van der Waals surface area contributed by atoms with Crippen LogP contribution in [0, 0.1) is 6.92 Å². The Kier molecular flexibility index (Phi) is 2.73. The van der Waals surface area contributed by atoms with Crippen LogP contribution in [0.3, 0.4) is 0 Å². The molecular weight excluding hydrogens is 198 g/mol. The van der Waals surface area contributed by atoms with Crippen LogP contribution in [0.5, 0.6) is 0 Å². The van der Waals surface area contributed by atoms with Gasteiger partial charge in [-0.15, -0.1) is 0 Å². The smallest absolute Gasteiger partial charge is 0.248 e. The summed E-state index contributed by atoms with van der Waals surface area (Å²) in [6.07, 6.45) is 0. The Morgan fingerprint density at radius 2 is 1.75 bits per heavy atom. The molecule has 0 saturated heterocycles. The van der Waals surface area contributed by atoms with Gasteiger partial charge in [0.05, 0.1) is 0 Å². The lowest BCUT2D eigenvalue weighted by molar-refractivity contribution is 0.100. The summed E-state index contributed by atoms with van der Waals surface area (Å²) in [6.45, 7) is 2.02. The van der Waals surface area contributed by atoms with Crippen LogP contribution in [0.25, 0.3) is 11.1 Å². The molecule has 0 aliphatic carbocycles. The number of carbonyl (C=O) groups excluding carboxylic acids is 1. The molecule has 0 atom stereocenters. The third-order valence-electron chi connectivity index (χ3n) is 2.61. The van der Waals surface area contributed by atoms with Crippen molar-refractivity contribution in [1.29, 1.82) is 0 Å². The van der Waals surface area contributed by atoms with Gasteiger partial charge in [0.15, 0.2) is 0 Å².